The second-order valence-electron chi connectivity index (χ2n) is 6.81. The van der Waals surface area contributed by atoms with E-state index in [2.05, 4.69) is 16.1 Å². The number of nitrogens with zero attached hydrogens (tertiary/aromatic N) is 6. The van der Waals surface area contributed by atoms with Crippen molar-refractivity contribution in [3.63, 3.8) is 0 Å². The lowest BCUT2D eigenvalue weighted by molar-refractivity contribution is 0.0783. The lowest BCUT2D eigenvalue weighted by Crippen LogP contribution is -2.52. The second kappa shape index (κ2) is 6.57. The van der Waals surface area contributed by atoms with Gasteiger partial charge in [0.05, 0.1) is 11.8 Å². The first-order valence-electron chi connectivity index (χ1n) is 8.71. The van der Waals surface area contributed by atoms with Crippen LogP contribution in [0.1, 0.15) is 6.42 Å². The Labute approximate surface area is 153 Å². The van der Waals surface area contributed by atoms with E-state index in [9.17, 15) is 8.42 Å². The monoisotopic (exact) mass is 378 g/mol. The summed E-state index contributed by atoms with van der Waals surface area (Å²) in [5.74, 6) is 0.765. The Hall–Kier alpha value is -2.09. The molecule has 10 heteroatoms. The quantitative estimate of drug-likeness (QED) is 0.672. The van der Waals surface area contributed by atoms with Crippen molar-refractivity contribution in [2.24, 2.45) is 0 Å². The van der Waals surface area contributed by atoms with Crippen molar-refractivity contribution in [1.82, 2.24) is 14.2 Å². The molecule has 4 rings (SSSR count). The molecule has 1 aromatic rings. The summed E-state index contributed by atoms with van der Waals surface area (Å²) < 4.78 is 34.3. The van der Waals surface area contributed by atoms with Crippen molar-refractivity contribution in [1.29, 1.82) is 5.26 Å². The Morgan fingerprint density at radius 2 is 2.08 bits per heavy atom. The van der Waals surface area contributed by atoms with Crippen LogP contribution in [-0.2, 0) is 14.9 Å². The van der Waals surface area contributed by atoms with Gasteiger partial charge in [0.2, 0.25) is 0 Å². The minimum absolute atomic E-state index is 0.135. The standard InChI is InChI=1S/C16H22N6O3S/c1-25-15-10-20(11-15)16-8-13(2-4-18-16)21-6-7-22(26(21,23)24)14-3-5-19(9-14)12-17/h2,4,8,14-15H,3,5-7,9-11H2,1H3/t14-/m1/s1. The van der Waals surface area contributed by atoms with Crippen LogP contribution in [0.2, 0.25) is 0 Å². The van der Waals surface area contributed by atoms with Gasteiger partial charge < -0.3 is 14.5 Å². The lowest BCUT2D eigenvalue weighted by atomic mass is 10.1. The summed E-state index contributed by atoms with van der Waals surface area (Å²) in [4.78, 5) is 8.04. The molecule has 0 aromatic carbocycles. The molecule has 1 aromatic heterocycles. The van der Waals surface area contributed by atoms with Gasteiger partial charge in [-0.3, -0.25) is 4.31 Å². The highest BCUT2D eigenvalue weighted by atomic mass is 32.2. The Morgan fingerprint density at radius 1 is 1.27 bits per heavy atom. The van der Waals surface area contributed by atoms with E-state index < -0.39 is 10.2 Å². The number of rotatable bonds is 4. The molecule has 0 N–H and O–H groups in total. The zero-order chi connectivity index (χ0) is 18.3. The van der Waals surface area contributed by atoms with E-state index in [0.717, 1.165) is 18.9 Å². The van der Waals surface area contributed by atoms with Crippen LogP contribution in [0.4, 0.5) is 11.5 Å². The SMILES string of the molecule is COC1CN(c2cc(N3CCN([C@@H]4CCN(C#N)C4)S3(=O)=O)ccn2)C1. The van der Waals surface area contributed by atoms with E-state index in [1.165, 1.54) is 8.61 Å². The molecular formula is C16H22N6O3S. The molecule has 140 valence electrons. The average molecular weight is 378 g/mol. The van der Waals surface area contributed by atoms with Gasteiger partial charge in [-0.15, -0.1) is 0 Å². The van der Waals surface area contributed by atoms with E-state index in [4.69, 9.17) is 10.00 Å². The Kier molecular flexibility index (Phi) is 4.38. The summed E-state index contributed by atoms with van der Waals surface area (Å²) >= 11 is 0. The molecule has 9 nitrogen and oxygen atoms in total. The Bertz CT molecular complexity index is 820. The molecule has 3 saturated heterocycles. The van der Waals surface area contributed by atoms with Gasteiger partial charge in [0.1, 0.15) is 5.82 Å². The van der Waals surface area contributed by atoms with Gasteiger partial charge >= 0.3 is 10.2 Å². The highest BCUT2D eigenvalue weighted by molar-refractivity contribution is 7.90. The first kappa shape index (κ1) is 17.3. The maximum absolute atomic E-state index is 13.0. The molecule has 0 spiro atoms. The number of ether oxygens (including phenoxy) is 1. The lowest BCUT2D eigenvalue weighted by Gasteiger charge is -2.39. The summed E-state index contributed by atoms with van der Waals surface area (Å²) in [5.41, 5.74) is 0.633. The van der Waals surface area contributed by atoms with Crippen LogP contribution >= 0.6 is 0 Å². The third-order valence-electron chi connectivity index (χ3n) is 5.33. The van der Waals surface area contributed by atoms with Gasteiger partial charge in [-0.05, 0) is 12.5 Å². The molecule has 0 amide bonds. The molecule has 0 aliphatic carbocycles. The number of anilines is 2. The summed E-state index contributed by atoms with van der Waals surface area (Å²) in [7, 11) is -1.89. The number of hydrogen-bond acceptors (Lipinski definition) is 7. The molecular weight excluding hydrogens is 356 g/mol. The number of pyridine rings is 1. The van der Waals surface area contributed by atoms with Crippen molar-refractivity contribution in [3.8, 4) is 6.19 Å². The van der Waals surface area contributed by atoms with E-state index in [1.54, 1.807) is 24.3 Å². The first-order valence-corrected chi connectivity index (χ1v) is 10.1. The smallest absolute Gasteiger partial charge is 0.304 e. The molecule has 26 heavy (non-hydrogen) atoms. The maximum atomic E-state index is 13.0. The largest absolute Gasteiger partial charge is 0.378 e. The van der Waals surface area contributed by atoms with Crippen LogP contribution in [0.3, 0.4) is 0 Å². The van der Waals surface area contributed by atoms with E-state index in [1.807, 2.05) is 6.07 Å². The van der Waals surface area contributed by atoms with Gasteiger partial charge in [0.15, 0.2) is 6.19 Å². The highest BCUT2D eigenvalue weighted by Crippen LogP contribution is 2.31. The number of hydrogen-bond donors (Lipinski definition) is 0. The van der Waals surface area contributed by atoms with Crippen molar-refractivity contribution in [2.75, 3.05) is 55.6 Å². The molecule has 0 saturated carbocycles. The van der Waals surface area contributed by atoms with E-state index in [-0.39, 0.29) is 12.1 Å². The number of methoxy groups -OCH3 is 1. The van der Waals surface area contributed by atoms with E-state index >= 15 is 0 Å². The molecule has 0 bridgehead atoms. The van der Waals surface area contributed by atoms with Crippen LogP contribution in [-0.4, -0.2) is 81.1 Å². The third-order valence-corrected chi connectivity index (χ3v) is 7.36. The zero-order valence-electron chi connectivity index (χ0n) is 14.7. The predicted octanol–water partition coefficient (Wildman–Crippen LogP) is -0.161. The Morgan fingerprint density at radius 3 is 2.77 bits per heavy atom. The summed E-state index contributed by atoms with van der Waals surface area (Å²) in [5, 5.41) is 9.01. The maximum Gasteiger partial charge on any atom is 0.304 e. The van der Waals surface area contributed by atoms with Gasteiger partial charge in [-0.1, -0.05) is 0 Å². The van der Waals surface area contributed by atoms with E-state index in [0.29, 0.717) is 38.3 Å². The van der Waals surface area contributed by atoms with Crippen molar-refractivity contribution < 1.29 is 13.2 Å². The Balaban J connectivity index is 1.51. The number of aromatic nitrogens is 1. The van der Waals surface area contributed by atoms with Crippen LogP contribution < -0.4 is 9.21 Å². The fourth-order valence-corrected chi connectivity index (χ4v) is 5.56. The van der Waals surface area contributed by atoms with Crippen molar-refractivity contribution >= 4 is 21.7 Å². The molecule has 0 radical (unpaired) electrons. The van der Waals surface area contributed by atoms with Crippen molar-refractivity contribution in [3.05, 3.63) is 18.3 Å². The van der Waals surface area contributed by atoms with Crippen LogP contribution in [0.25, 0.3) is 0 Å². The molecule has 0 unspecified atom stereocenters. The van der Waals surface area contributed by atoms with Crippen molar-refractivity contribution in [2.45, 2.75) is 18.6 Å². The minimum atomic E-state index is -3.58. The van der Waals surface area contributed by atoms with Crippen LogP contribution in [0.15, 0.2) is 18.3 Å². The molecule has 3 aliphatic heterocycles. The highest BCUT2D eigenvalue weighted by Gasteiger charge is 2.43. The normalized spacial score (nSPS) is 26.2. The van der Waals surface area contributed by atoms with Gasteiger partial charge in [0, 0.05) is 64.7 Å². The average Bonchev–Trinajstić information content (AvgIpc) is 3.17. The molecule has 4 heterocycles. The fourth-order valence-electron chi connectivity index (χ4n) is 3.76. The van der Waals surface area contributed by atoms with Crippen LogP contribution in [0.5, 0.6) is 0 Å². The summed E-state index contributed by atoms with van der Waals surface area (Å²) in [6, 6.07) is 3.42. The molecule has 3 fully saturated rings. The number of likely N-dealkylation sites (tertiary alicyclic amines) is 1. The topological polar surface area (TPSA) is 93.0 Å². The van der Waals surface area contributed by atoms with Gasteiger partial charge in [0.25, 0.3) is 0 Å². The first-order chi connectivity index (χ1) is 12.5. The fraction of sp³-hybridized carbons (Fsp3) is 0.625. The minimum Gasteiger partial charge on any atom is -0.378 e. The van der Waals surface area contributed by atoms with Gasteiger partial charge in [-0.2, -0.15) is 18.0 Å². The molecule has 1 atom stereocenters. The molecule has 3 aliphatic rings. The summed E-state index contributed by atoms with van der Waals surface area (Å²) in [6.07, 6.45) is 4.65. The van der Waals surface area contributed by atoms with Crippen LogP contribution in [0, 0.1) is 11.5 Å². The van der Waals surface area contributed by atoms with Gasteiger partial charge in [-0.25, -0.2) is 4.98 Å². The second-order valence-corrected chi connectivity index (χ2v) is 8.62. The zero-order valence-corrected chi connectivity index (χ0v) is 15.5. The summed E-state index contributed by atoms with van der Waals surface area (Å²) in [6.45, 7) is 3.46. The third kappa shape index (κ3) is 2.86. The number of nitriles is 1. The predicted molar refractivity (Wildman–Crippen MR) is 95.8 cm³/mol.